The van der Waals surface area contributed by atoms with Crippen LogP contribution in [0.5, 0.6) is 11.6 Å². The number of pyridine rings is 2. The summed E-state index contributed by atoms with van der Waals surface area (Å²) in [6.45, 7) is 8.65. The highest BCUT2D eigenvalue weighted by Crippen LogP contribution is 2.29. The van der Waals surface area contributed by atoms with Crippen LogP contribution in [0.3, 0.4) is 0 Å². The molecule has 0 unspecified atom stereocenters. The fraction of sp³-hybridized carbons (Fsp3) is 0.424. The van der Waals surface area contributed by atoms with E-state index in [4.69, 9.17) is 29.0 Å². The average molecular weight is 602 g/mol. The zero-order valence-corrected chi connectivity index (χ0v) is 25.9. The molecule has 0 spiro atoms. The molecule has 232 valence electrons. The van der Waals surface area contributed by atoms with E-state index < -0.39 is 11.6 Å². The van der Waals surface area contributed by atoms with E-state index in [2.05, 4.69) is 4.98 Å². The molecule has 1 aliphatic rings. The molecule has 0 bridgehead atoms. The number of nitrogens with zero attached hydrogens (tertiary/aromatic N) is 5. The third kappa shape index (κ3) is 7.45. The van der Waals surface area contributed by atoms with Gasteiger partial charge in [0.2, 0.25) is 5.88 Å². The monoisotopic (exact) mass is 601 g/mol. The highest BCUT2D eigenvalue weighted by molar-refractivity contribution is 5.88. The van der Waals surface area contributed by atoms with Gasteiger partial charge in [-0.2, -0.15) is 5.10 Å². The maximum Gasteiger partial charge on any atom is 0.416 e. The molecule has 1 amide bonds. The lowest BCUT2D eigenvalue weighted by molar-refractivity contribution is -0.143. The summed E-state index contributed by atoms with van der Waals surface area (Å²) in [5.74, 6) is 1.53. The lowest BCUT2D eigenvalue weighted by atomic mass is 10.1. The van der Waals surface area contributed by atoms with Crippen molar-refractivity contribution in [3.63, 3.8) is 0 Å². The standard InChI is InChI=1S/C33H39N5O6/c1-6-42-30(39)19-28(23-10-14-29(41-5)34-20-23)38-21-24-18-26(12-13-27(24)36-38)43-17-15-25-11-9-22-8-7-16-37(31(22)35-25)32(40)44-33(2,3)4/h9-14,18,20-21,28H,6-8,15-17,19H2,1-5H3/t28-/m0/s1. The van der Waals surface area contributed by atoms with Crippen LogP contribution in [-0.4, -0.2) is 64.3 Å². The van der Waals surface area contributed by atoms with Crippen LogP contribution in [0.15, 0.2) is 54.9 Å². The van der Waals surface area contributed by atoms with Gasteiger partial charge in [0.1, 0.15) is 17.2 Å². The quantitative estimate of drug-likeness (QED) is 0.211. The SMILES string of the molecule is CCOC(=O)C[C@@H](c1ccc(OC)nc1)n1cc2cc(OCCc3ccc4c(n3)N(C(=O)OC(C)(C)C)CCC4)ccc2n1. The Balaban J connectivity index is 1.28. The number of fused-ring (bicyclic) bond motifs is 2. The molecule has 0 radical (unpaired) electrons. The summed E-state index contributed by atoms with van der Waals surface area (Å²) >= 11 is 0. The Labute approximate surface area is 257 Å². The van der Waals surface area contributed by atoms with Crippen molar-refractivity contribution in [3.8, 4) is 11.6 Å². The zero-order chi connectivity index (χ0) is 31.3. The number of anilines is 1. The molecule has 44 heavy (non-hydrogen) atoms. The number of carbonyl (C=O) groups excluding carboxylic acids is 2. The van der Waals surface area contributed by atoms with E-state index in [1.165, 1.54) is 0 Å². The van der Waals surface area contributed by atoms with E-state index in [1.54, 1.807) is 35.9 Å². The molecule has 1 aliphatic heterocycles. The number of hydrogen-bond donors (Lipinski definition) is 0. The van der Waals surface area contributed by atoms with Gasteiger partial charge in [0.15, 0.2) is 0 Å². The molecule has 3 aromatic heterocycles. The number of ether oxygens (including phenoxy) is 4. The molecule has 0 aliphatic carbocycles. The Hall–Kier alpha value is -4.67. The third-order valence-corrected chi connectivity index (χ3v) is 7.17. The molecule has 0 saturated heterocycles. The van der Waals surface area contributed by atoms with Crippen molar-refractivity contribution in [2.75, 3.05) is 31.8 Å². The van der Waals surface area contributed by atoms with Gasteiger partial charge in [0, 0.05) is 42.5 Å². The number of rotatable bonds is 10. The molecule has 1 aromatic carbocycles. The minimum Gasteiger partial charge on any atom is -0.493 e. The second kappa shape index (κ2) is 13.3. The van der Waals surface area contributed by atoms with Crippen LogP contribution >= 0.6 is 0 Å². The van der Waals surface area contributed by atoms with Crippen LogP contribution in [0.1, 0.15) is 63.4 Å². The minimum atomic E-state index is -0.577. The van der Waals surface area contributed by atoms with E-state index in [0.29, 0.717) is 43.6 Å². The molecular weight excluding hydrogens is 562 g/mol. The number of aromatic nitrogens is 4. The van der Waals surface area contributed by atoms with Gasteiger partial charge in [0.05, 0.1) is 38.3 Å². The lowest BCUT2D eigenvalue weighted by Crippen LogP contribution is -2.40. The van der Waals surface area contributed by atoms with Gasteiger partial charge in [-0.25, -0.2) is 14.8 Å². The van der Waals surface area contributed by atoms with Gasteiger partial charge < -0.3 is 18.9 Å². The molecule has 4 aromatic rings. The second-order valence-electron chi connectivity index (χ2n) is 11.6. The summed E-state index contributed by atoms with van der Waals surface area (Å²) in [5.41, 5.74) is 2.88. The summed E-state index contributed by atoms with van der Waals surface area (Å²) in [7, 11) is 1.56. The third-order valence-electron chi connectivity index (χ3n) is 7.17. The van der Waals surface area contributed by atoms with Crippen LogP contribution in [-0.2, 0) is 27.1 Å². The summed E-state index contributed by atoms with van der Waals surface area (Å²) in [6.07, 6.45) is 5.63. The fourth-order valence-electron chi connectivity index (χ4n) is 5.11. The summed E-state index contributed by atoms with van der Waals surface area (Å²) in [5, 5.41) is 5.61. The van der Waals surface area contributed by atoms with E-state index in [0.717, 1.165) is 40.6 Å². The Morgan fingerprint density at radius 1 is 1.09 bits per heavy atom. The van der Waals surface area contributed by atoms with Crippen LogP contribution in [0, 0.1) is 0 Å². The molecule has 0 N–H and O–H groups in total. The van der Waals surface area contributed by atoms with Crippen LogP contribution < -0.4 is 14.4 Å². The predicted octanol–water partition coefficient (Wildman–Crippen LogP) is 5.69. The van der Waals surface area contributed by atoms with E-state index in [1.807, 2.05) is 63.4 Å². The van der Waals surface area contributed by atoms with Gasteiger partial charge in [-0.1, -0.05) is 6.07 Å². The average Bonchev–Trinajstić information content (AvgIpc) is 3.42. The second-order valence-corrected chi connectivity index (χ2v) is 11.6. The molecule has 0 fully saturated rings. The normalized spacial score (nSPS) is 13.7. The molecule has 4 heterocycles. The minimum absolute atomic E-state index is 0.109. The fourth-order valence-corrected chi connectivity index (χ4v) is 5.11. The maximum atomic E-state index is 12.8. The number of esters is 1. The van der Waals surface area contributed by atoms with Crippen LogP contribution in [0.4, 0.5) is 10.6 Å². The van der Waals surface area contributed by atoms with Gasteiger partial charge in [-0.3, -0.25) is 14.4 Å². The first-order chi connectivity index (χ1) is 21.1. The van der Waals surface area contributed by atoms with Gasteiger partial charge in [0.25, 0.3) is 0 Å². The highest BCUT2D eigenvalue weighted by Gasteiger charge is 2.28. The molecular formula is C33H39N5O6. The summed E-state index contributed by atoms with van der Waals surface area (Å²) in [4.78, 5) is 36.0. The van der Waals surface area contributed by atoms with Crippen LogP contribution in [0.2, 0.25) is 0 Å². The van der Waals surface area contributed by atoms with E-state index in [9.17, 15) is 9.59 Å². The van der Waals surface area contributed by atoms with Crippen molar-refractivity contribution in [2.45, 2.75) is 65.0 Å². The lowest BCUT2D eigenvalue weighted by Gasteiger charge is -2.31. The number of methoxy groups -OCH3 is 1. The first kappa shape index (κ1) is 30.8. The number of carbonyl (C=O) groups is 2. The van der Waals surface area contributed by atoms with Crippen molar-refractivity contribution in [1.29, 1.82) is 0 Å². The first-order valence-corrected chi connectivity index (χ1v) is 14.9. The largest absolute Gasteiger partial charge is 0.493 e. The topological polar surface area (TPSA) is 118 Å². The van der Waals surface area contributed by atoms with Crippen molar-refractivity contribution < 1.29 is 28.5 Å². The maximum absolute atomic E-state index is 12.8. The van der Waals surface area contributed by atoms with Gasteiger partial charge in [-0.05, 0) is 82.0 Å². The van der Waals surface area contributed by atoms with Crippen molar-refractivity contribution in [2.24, 2.45) is 0 Å². The van der Waals surface area contributed by atoms with E-state index in [-0.39, 0.29) is 18.5 Å². The number of amides is 1. The molecule has 0 saturated carbocycles. The molecule has 5 rings (SSSR count). The van der Waals surface area contributed by atoms with Gasteiger partial charge >= 0.3 is 12.1 Å². The Morgan fingerprint density at radius 3 is 2.66 bits per heavy atom. The Kier molecular flexibility index (Phi) is 9.32. The highest BCUT2D eigenvalue weighted by atomic mass is 16.6. The Bertz CT molecular complexity index is 1610. The summed E-state index contributed by atoms with van der Waals surface area (Å²) < 4.78 is 23.9. The smallest absolute Gasteiger partial charge is 0.416 e. The van der Waals surface area contributed by atoms with Crippen molar-refractivity contribution in [3.05, 3.63) is 71.7 Å². The van der Waals surface area contributed by atoms with Crippen molar-refractivity contribution >= 4 is 28.8 Å². The molecule has 11 heteroatoms. The van der Waals surface area contributed by atoms with Crippen LogP contribution in [0.25, 0.3) is 10.9 Å². The van der Waals surface area contributed by atoms with Crippen molar-refractivity contribution in [1.82, 2.24) is 19.7 Å². The zero-order valence-electron chi connectivity index (χ0n) is 25.9. The molecule has 11 nitrogen and oxygen atoms in total. The van der Waals surface area contributed by atoms with E-state index >= 15 is 0 Å². The molecule has 1 atom stereocenters. The number of hydrogen-bond acceptors (Lipinski definition) is 9. The number of aryl methyl sites for hydroxylation is 1. The summed E-state index contributed by atoms with van der Waals surface area (Å²) in [6, 6.07) is 13.0. The first-order valence-electron chi connectivity index (χ1n) is 14.9. The Morgan fingerprint density at radius 2 is 1.93 bits per heavy atom. The number of benzene rings is 1. The predicted molar refractivity (Wildman–Crippen MR) is 165 cm³/mol. The van der Waals surface area contributed by atoms with Gasteiger partial charge in [-0.15, -0.1) is 0 Å².